The van der Waals surface area contributed by atoms with E-state index >= 15 is 0 Å². The Morgan fingerprint density at radius 2 is 2.00 bits per heavy atom. The fraction of sp³-hybridized carbons (Fsp3) is 0.636. The lowest BCUT2D eigenvalue weighted by atomic mass is 10.3. The summed E-state index contributed by atoms with van der Waals surface area (Å²) in [5.74, 6) is -1.68. The molecule has 18 heavy (non-hydrogen) atoms. The van der Waals surface area contributed by atoms with Crippen molar-refractivity contribution in [2.45, 2.75) is 39.4 Å². The molecule has 0 amide bonds. The Balaban J connectivity index is 0.000000360. The third-order valence-corrected chi connectivity index (χ3v) is 2.38. The van der Waals surface area contributed by atoms with Gasteiger partial charge in [0.25, 0.3) is 5.82 Å². The van der Waals surface area contributed by atoms with E-state index in [2.05, 4.69) is 42.4 Å². The van der Waals surface area contributed by atoms with E-state index in [1.807, 2.05) is 0 Å². The van der Waals surface area contributed by atoms with E-state index in [0.29, 0.717) is 0 Å². The molecule has 104 valence electrons. The zero-order chi connectivity index (χ0) is 14.3. The quantitative estimate of drug-likeness (QED) is 0.757. The van der Waals surface area contributed by atoms with Gasteiger partial charge >= 0.3 is 6.18 Å². The van der Waals surface area contributed by atoms with Gasteiger partial charge in [0.2, 0.25) is 0 Å². The minimum atomic E-state index is -5.19. The number of rotatable bonds is 3. The lowest BCUT2D eigenvalue weighted by Crippen LogP contribution is -2.37. The van der Waals surface area contributed by atoms with Crippen molar-refractivity contribution in [3.8, 4) is 0 Å². The smallest absolute Gasteiger partial charge is 0.430 e. The Bertz CT molecular complexity index is 386. The van der Waals surface area contributed by atoms with Crippen molar-refractivity contribution >= 4 is 5.97 Å². The monoisotopic (exact) mass is 266 g/mol. The van der Waals surface area contributed by atoms with E-state index in [4.69, 9.17) is 9.90 Å². The van der Waals surface area contributed by atoms with Crippen molar-refractivity contribution in [2.24, 2.45) is 7.05 Å². The van der Waals surface area contributed by atoms with Crippen LogP contribution in [0.5, 0.6) is 0 Å². The predicted molar refractivity (Wildman–Crippen MR) is 56.3 cm³/mol. The fourth-order valence-electron chi connectivity index (χ4n) is 1.16. The molecule has 0 atom stereocenters. The number of aromatic nitrogens is 2. The molecular weight excluding hydrogens is 249 g/mol. The number of alkyl halides is 3. The highest BCUT2D eigenvalue weighted by atomic mass is 19.4. The van der Waals surface area contributed by atoms with Crippen LogP contribution in [-0.4, -0.2) is 16.7 Å². The van der Waals surface area contributed by atoms with Crippen LogP contribution < -0.4 is 9.67 Å². The van der Waals surface area contributed by atoms with Crippen molar-refractivity contribution in [2.75, 3.05) is 0 Å². The Kier molecular flexibility index (Phi) is 6.43. The molecule has 0 aliphatic heterocycles. The van der Waals surface area contributed by atoms with Gasteiger partial charge < -0.3 is 9.90 Å². The molecule has 0 aromatic carbocycles. The second-order valence-electron chi connectivity index (χ2n) is 3.79. The molecule has 0 aliphatic rings. The van der Waals surface area contributed by atoms with Crippen molar-refractivity contribution in [3.05, 3.63) is 18.2 Å². The normalized spacial score (nSPS) is 10.8. The fourth-order valence-corrected chi connectivity index (χ4v) is 1.16. The summed E-state index contributed by atoms with van der Waals surface area (Å²) in [6.07, 6.45) is 1.59. The molecule has 0 unspecified atom stereocenters. The van der Waals surface area contributed by atoms with Crippen LogP contribution in [0.2, 0.25) is 0 Å². The standard InChI is InChI=1S/C9H17N2.C2HF3O2/c1-4-5-6-11-8-7-10(3)9(11)2;3-2(4,5)1(6)7/h7-8H,4-6H2,1-3H3;(H,6,7)/q+1;/p-1. The first-order chi connectivity index (χ1) is 8.20. The van der Waals surface area contributed by atoms with Gasteiger partial charge in [-0.2, -0.15) is 13.2 Å². The van der Waals surface area contributed by atoms with Crippen molar-refractivity contribution in [3.63, 3.8) is 0 Å². The number of imidazole rings is 1. The van der Waals surface area contributed by atoms with Crippen LogP contribution in [0.15, 0.2) is 12.4 Å². The van der Waals surface area contributed by atoms with Gasteiger partial charge in [-0.1, -0.05) is 13.3 Å². The van der Waals surface area contributed by atoms with Gasteiger partial charge in [0.15, 0.2) is 0 Å². The third kappa shape index (κ3) is 5.70. The highest BCUT2D eigenvalue weighted by Crippen LogP contribution is 2.11. The molecule has 0 radical (unpaired) electrons. The number of carboxylic acids is 1. The molecule has 1 heterocycles. The molecule has 0 saturated carbocycles. The van der Waals surface area contributed by atoms with Crippen LogP contribution in [0.1, 0.15) is 25.6 Å². The van der Waals surface area contributed by atoms with Gasteiger partial charge in [0, 0.05) is 6.92 Å². The molecule has 1 rings (SSSR count). The van der Waals surface area contributed by atoms with Crippen molar-refractivity contribution < 1.29 is 27.6 Å². The molecule has 0 saturated heterocycles. The molecule has 0 spiro atoms. The van der Waals surface area contributed by atoms with Crippen LogP contribution in [-0.2, 0) is 18.4 Å². The number of halogens is 3. The topological polar surface area (TPSA) is 48.9 Å². The molecule has 1 aromatic rings. The second-order valence-corrected chi connectivity index (χ2v) is 3.79. The minimum Gasteiger partial charge on any atom is -0.542 e. The molecular formula is C11H17F3N2O2. The minimum absolute atomic E-state index is 1.16. The Morgan fingerprint density at radius 3 is 2.28 bits per heavy atom. The zero-order valence-corrected chi connectivity index (χ0v) is 10.6. The van der Waals surface area contributed by atoms with Crippen LogP contribution in [0.4, 0.5) is 13.2 Å². The van der Waals surface area contributed by atoms with Gasteiger partial charge in [0.05, 0.1) is 13.6 Å². The Hall–Kier alpha value is -1.53. The third-order valence-electron chi connectivity index (χ3n) is 2.38. The van der Waals surface area contributed by atoms with Crippen LogP contribution >= 0.6 is 0 Å². The van der Waals surface area contributed by atoms with Crippen LogP contribution in [0.25, 0.3) is 0 Å². The summed E-state index contributed by atoms with van der Waals surface area (Å²) < 4.78 is 36.0. The maximum Gasteiger partial charge on any atom is 0.430 e. The number of unbranched alkanes of at least 4 members (excludes halogenated alkanes) is 1. The lowest BCUT2D eigenvalue weighted by molar-refractivity contribution is -0.677. The van der Waals surface area contributed by atoms with Gasteiger partial charge in [0.1, 0.15) is 18.4 Å². The van der Waals surface area contributed by atoms with Crippen LogP contribution in [0.3, 0.4) is 0 Å². The maximum atomic E-state index is 10.5. The number of carbonyl (C=O) groups is 1. The van der Waals surface area contributed by atoms with Gasteiger partial charge in [-0.3, -0.25) is 0 Å². The van der Waals surface area contributed by atoms with Crippen LogP contribution in [0, 0.1) is 6.92 Å². The van der Waals surface area contributed by atoms with E-state index in [1.54, 1.807) is 0 Å². The number of carboxylic acid groups (broad SMARTS) is 1. The van der Waals surface area contributed by atoms with Crippen molar-refractivity contribution in [1.29, 1.82) is 0 Å². The lowest BCUT2D eigenvalue weighted by Gasteiger charge is -2.03. The largest absolute Gasteiger partial charge is 0.542 e. The zero-order valence-electron chi connectivity index (χ0n) is 10.6. The highest BCUT2D eigenvalue weighted by molar-refractivity contribution is 5.70. The average Bonchev–Trinajstić information content (AvgIpc) is 2.57. The number of carbonyl (C=O) groups excluding carboxylic acids is 1. The summed E-state index contributed by atoms with van der Waals surface area (Å²) in [5.41, 5.74) is 0. The summed E-state index contributed by atoms with van der Waals surface area (Å²) in [6, 6.07) is 0. The number of hydrogen-bond donors (Lipinski definition) is 0. The summed E-state index contributed by atoms with van der Waals surface area (Å²) >= 11 is 0. The van der Waals surface area contributed by atoms with Gasteiger partial charge in [-0.25, -0.2) is 9.13 Å². The average molecular weight is 266 g/mol. The first-order valence-electron chi connectivity index (χ1n) is 5.49. The summed E-state index contributed by atoms with van der Waals surface area (Å²) in [5, 5.41) is 8.78. The first kappa shape index (κ1) is 16.5. The molecule has 0 N–H and O–H groups in total. The second kappa shape index (κ2) is 7.03. The van der Waals surface area contributed by atoms with E-state index in [1.165, 1.54) is 18.7 Å². The number of aliphatic carboxylic acids is 1. The highest BCUT2D eigenvalue weighted by Gasteiger charge is 2.28. The molecule has 0 bridgehead atoms. The maximum absolute atomic E-state index is 10.5. The van der Waals surface area contributed by atoms with Crippen molar-refractivity contribution in [1.82, 2.24) is 4.57 Å². The summed E-state index contributed by atoms with van der Waals surface area (Å²) in [7, 11) is 2.08. The summed E-state index contributed by atoms with van der Waals surface area (Å²) in [6.45, 7) is 5.53. The SMILES string of the molecule is CCCCn1cc[n+](C)c1C.O=C([O-])C(F)(F)F. The number of aryl methyl sites for hydroxylation is 2. The van der Waals surface area contributed by atoms with E-state index < -0.39 is 12.1 Å². The molecule has 0 fully saturated rings. The Labute approximate surface area is 104 Å². The molecule has 0 aliphatic carbocycles. The van der Waals surface area contributed by atoms with E-state index in [-0.39, 0.29) is 0 Å². The Morgan fingerprint density at radius 1 is 1.50 bits per heavy atom. The van der Waals surface area contributed by atoms with Gasteiger partial charge in [-0.05, 0) is 6.42 Å². The number of hydrogen-bond acceptors (Lipinski definition) is 2. The molecule has 1 aromatic heterocycles. The molecule has 4 nitrogen and oxygen atoms in total. The van der Waals surface area contributed by atoms with E-state index in [0.717, 1.165) is 6.54 Å². The molecule has 7 heteroatoms. The van der Waals surface area contributed by atoms with E-state index in [9.17, 15) is 13.2 Å². The predicted octanol–water partition coefficient (Wildman–Crippen LogP) is 0.720. The number of nitrogens with zero attached hydrogens (tertiary/aromatic N) is 2. The van der Waals surface area contributed by atoms with Gasteiger partial charge in [-0.15, -0.1) is 0 Å². The summed E-state index contributed by atoms with van der Waals surface area (Å²) in [4.78, 5) is 8.78. The first-order valence-corrected chi connectivity index (χ1v) is 5.49.